The molecule has 0 aliphatic heterocycles. The zero-order valence-corrected chi connectivity index (χ0v) is 19.6. The standard InChI is InChI=1S/C14H11F3N2O.C13H11FN2O/c15-11-4-10-8(6-18)7-19(9-2-1-3-9)12(10)5-13(11)20-14(16)17;14-11-4-10-8(6-15)7-16(9-2-1-3-9)12(10)5-13(11)17/h4-5,7,9,14H,1-3H2;4-5,7,9,17H,1-3H2. The number of fused-ring (bicyclic) bond motifs is 2. The maximum absolute atomic E-state index is 13.7. The van der Waals surface area contributed by atoms with Gasteiger partial charge in [-0.1, -0.05) is 0 Å². The van der Waals surface area contributed by atoms with Crippen molar-refractivity contribution in [2.45, 2.75) is 57.2 Å². The van der Waals surface area contributed by atoms with Gasteiger partial charge in [0.2, 0.25) is 0 Å². The fourth-order valence-corrected chi connectivity index (χ4v) is 4.81. The van der Waals surface area contributed by atoms with Gasteiger partial charge in [-0.2, -0.15) is 19.3 Å². The number of aromatic nitrogens is 2. The van der Waals surface area contributed by atoms with E-state index in [9.17, 15) is 22.7 Å². The Balaban J connectivity index is 0.000000153. The number of nitrogens with zero attached hydrogens (tertiary/aromatic N) is 4. The van der Waals surface area contributed by atoms with Crippen molar-refractivity contribution >= 4 is 21.8 Å². The number of ether oxygens (including phenoxy) is 1. The molecule has 0 radical (unpaired) electrons. The minimum atomic E-state index is -3.08. The quantitative estimate of drug-likeness (QED) is 0.298. The summed E-state index contributed by atoms with van der Waals surface area (Å²) < 4.78 is 59.6. The molecule has 0 amide bonds. The molecule has 37 heavy (non-hydrogen) atoms. The fraction of sp³-hybridized carbons (Fsp3) is 0.333. The molecule has 2 aliphatic rings. The Kier molecular flexibility index (Phi) is 6.43. The lowest BCUT2D eigenvalue weighted by molar-refractivity contribution is -0.0521. The Morgan fingerprint density at radius 3 is 1.73 bits per heavy atom. The second-order valence-corrected chi connectivity index (χ2v) is 9.29. The molecule has 6 rings (SSSR count). The summed E-state index contributed by atoms with van der Waals surface area (Å²) in [5.41, 5.74) is 2.11. The summed E-state index contributed by atoms with van der Waals surface area (Å²) in [6.45, 7) is -3.08. The summed E-state index contributed by atoms with van der Waals surface area (Å²) in [6.07, 6.45) is 9.77. The van der Waals surface area contributed by atoms with E-state index in [1.807, 2.05) is 15.2 Å². The van der Waals surface area contributed by atoms with Crippen molar-refractivity contribution in [3.05, 3.63) is 59.4 Å². The lowest BCUT2D eigenvalue weighted by atomic mass is 9.93. The van der Waals surface area contributed by atoms with Crippen molar-refractivity contribution < 1.29 is 27.4 Å². The van der Waals surface area contributed by atoms with Crippen LogP contribution >= 0.6 is 0 Å². The van der Waals surface area contributed by atoms with Gasteiger partial charge in [-0.05, 0) is 50.7 Å². The molecule has 2 aromatic heterocycles. The summed E-state index contributed by atoms with van der Waals surface area (Å²) in [6, 6.07) is 9.67. The molecule has 0 bridgehead atoms. The highest BCUT2D eigenvalue weighted by Crippen LogP contribution is 2.39. The summed E-state index contributed by atoms with van der Waals surface area (Å²) >= 11 is 0. The van der Waals surface area contributed by atoms with Gasteiger partial charge in [-0.25, -0.2) is 8.78 Å². The topological polar surface area (TPSA) is 86.9 Å². The average Bonchev–Trinajstić information content (AvgIpc) is 3.30. The molecule has 0 saturated heterocycles. The van der Waals surface area contributed by atoms with Gasteiger partial charge in [0.1, 0.15) is 12.1 Å². The van der Waals surface area contributed by atoms with Crippen LogP contribution in [0.15, 0.2) is 36.7 Å². The van der Waals surface area contributed by atoms with Gasteiger partial charge in [-0.15, -0.1) is 0 Å². The smallest absolute Gasteiger partial charge is 0.387 e. The first kappa shape index (κ1) is 24.5. The highest BCUT2D eigenvalue weighted by Gasteiger charge is 2.25. The summed E-state index contributed by atoms with van der Waals surface area (Å²) in [4.78, 5) is 0. The predicted octanol–water partition coefficient (Wildman–Crippen LogP) is 7.06. The highest BCUT2D eigenvalue weighted by molar-refractivity contribution is 5.88. The molecule has 2 saturated carbocycles. The molecule has 0 atom stereocenters. The first-order chi connectivity index (χ1) is 17.8. The second kappa shape index (κ2) is 9.70. The van der Waals surface area contributed by atoms with Crippen molar-refractivity contribution in [2.24, 2.45) is 0 Å². The SMILES string of the molecule is N#Cc1cn(C2CCC2)c2cc(O)c(F)cc12.N#Cc1cn(C2CCC2)c2cc(OC(F)F)c(F)cc12. The third kappa shape index (κ3) is 4.44. The van der Waals surface area contributed by atoms with Crippen LogP contribution in [0.1, 0.15) is 61.7 Å². The van der Waals surface area contributed by atoms with Gasteiger partial charge in [0.15, 0.2) is 23.1 Å². The first-order valence-electron chi connectivity index (χ1n) is 11.9. The van der Waals surface area contributed by atoms with Crippen LogP contribution in [0.4, 0.5) is 17.6 Å². The molecular formula is C27H22F4N4O2. The minimum Gasteiger partial charge on any atom is -0.505 e. The number of benzene rings is 2. The number of rotatable bonds is 4. The molecule has 2 aliphatic carbocycles. The molecule has 0 spiro atoms. The Morgan fingerprint density at radius 2 is 1.30 bits per heavy atom. The van der Waals surface area contributed by atoms with E-state index in [0.717, 1.165) is 43.7 Å². The van der Waals surface area contributed by atoms with Crippen LogP contribution in [-0.4, -0.2) is 20.9 Å². The summed E-state index contributed by atoms with van der Waals surface area (Å²) in [5, 5.41) is 28.6. The number of phenols is 1. The van der Waals surface area contributed by atoms with E-state index in [4.69, 9.17) is 10.5 Å². The number of phenolic OH excluding ortho intramolecular Hbond substituents is 1. The highest BCUT2D eigenvalue weighted by atomic mass is 19.3. The van der Waals surface area contributed by atoms with E-state index in [-0.39, 0.29) is 11.8 Å². The number of aromatic hydroxyl groups is 1. The second-order valence-electron chi connectivity index (χ2n) is 9.29. The van der Waals surface area contributed by atoms with Gasteiger partial charge in [0.25, 0.3) is 0 Å². The largest absolute Gasteiger partial charge is 0.505 e. The Bertz CT molecular complexity index is 1570. The number of alkyl halides is 2. The van der Waals surface area contributed by atoms with E-state index < -0.39 is 24.0 Å². The first-order valence-corrected chi connectivity index (χ1v) is 11.9. The van der Waals surface area contributed by atoms with Gasteiger partial charge >= 0.3 is 6.61 Å². The van der Waals surface area contributed by atoms with Crippen molar-refractivity contribution in [3.63, 3.8) is 0 Å². The molecular weight excluding hydrogens is 488 g/mol. The van der Waals surface area contributed by atoms with Gasteiger partial charge in [0, 0.05) is 47.4 Å². The van der Waals surface area contributed by atoms with Gasteiger partial charge in [-0.3, -0.25) is 0 Å². The van der Waals surface area contributed by atoms with Crippen LogP contribution in [-0.2, 0) is 0 Å². The lowest BCUT2D eigenvalue weighted by Crippen LogP contribution is -2.16. The zero-order valence-electron chi connectivity index (χ0n) is 19.6. The maximum atomic E-state index is 13.7. The van der Waals surface area contributed by atoms with E-state index in [2.05, 4.69) is 10.8 Å². The average molecular weight is 510 g/mol. The zero-order chi connectivity index (χ0) is 26.3. The number of hydrogen-bond donors (Lipinski definition) is 1. The van der Waals surface area contributed by atoms with Crippen molar-refractivity contribution in [3.8, 4) is 23.6 Å². The molecule has 0 unspecified atom stereocenters. The van der Waals surface area contributed by atoms with Crippen LogP contribution in [0.25, 0.3) is 21.8 Å². The number of hydrogen-bond acceptors (Lipinski definition) is 4. The summed E-state index contributed by atoms with van der Waals surface area (Å²) in [5.74, 6) is -2.42. The molecule has 2 heterocycles. The third-order valence-corrected chi connectivity index (χ3v) is 7.18. The molecule has 190 valence electrons. The maximum Gasteiger partial charge on any atom is 0.387 e. The summed E-state index contributed by atoms with van der Waals surface area (Å²) in [7, 11) is 0. The van der Waals surface area contributed by atoms with Crippen LogP contribution in [0, 0.1) is 34.3 Å². The Hall–Kier alpha value is -4.18. The van der Waals surface area contributed by atoms with Crippen LogP contribution in [0.2, 0.25) is 0 Å². The van der Waals surface area contributed by atoms with Crippen LogP contribution < -0.4 is 4.74 Å². The predicted molar refractivity (Wildman–Crippen MR) is 127 cm³/mol. The molecule has 2 fully saturated rings. The normalized spacial score (nSPS) is 15.5. The molecule has 10 heteroatoms. The van der Waals surface area contributed by atoms with E-state index in [0.29, 0.717) is 33.5 Å². The van der Waals surface area contributed by atoms with E-state index >= 15 is 0 Å². The van der Waals surface area contributed by atoms with Crippen molar-refractivity contribution in [1.29, 1.82) is 10.5 Å². The molecule has 4 aromatic rings. The van der Waals surface area contributed by atoms with Crippen molar-refractivity contribution in [1.82, 2.24) is 9.13 Å². The van der Waals surface area contributed by atoms with Crippen LogP contribution in [0.3, 0.4) is 0 Å². The fourth-order valence-electron chi connectivity index (χ4n) is 4.81. The monoisotopic (exact) mass is 510 g/mol. The Morgan fingerprint density at radius 1 is 0.811 bits per heavy atom. The molecule has 2 aromatic carbocycles. The van der Waals surface area contributed by atoms with Crippen LogP contribution in [0.5, 0.6) is 11.5 Å². The Labute approximate surface area is 209 Å². The molecule has 6 nitrogen and oxygen atoms in total. The lowest BCUT2D eigenvalue weighted by Gasteiger charge is -2.28. The van der Waals surface area contributed by atoms with Crippen molar-refractivity contribution in [2.75, 3.05) is 0 Å². The van der Waals surface area contributed by atoms with E-state index in [1.54, 1.807) is 12.4 Å². The van der Waals surface area contributed by atoms with Gasteiger partial charge in [0.05, 0.1) is 22.2 Å². The minimum absolute atomic E-state index is 0.240. The van der Waals surface area contributed by atoms with Gasteiger partial charge < -0.3 is 19.0 Å². The van der Waals surface area contributed by atoms with E-state index in [1.165, 1.54) is 24.6 Å². The third-order valence-electron chi connectivity index (χ3n) is 7.18. The number of nitriles is 2. The molecule has 1 N–H and O–H groups in total. The number of halogens is 4.